The van der Waals surface area contributed by atoms with Crippen molar-refractivity contribution in [3.8, 4) is 0 Å². The predicted molar refractivity (Wildman–Crippen MR) is 46.8 cm³/mol. The largest absolute Gasteiger partial charge is 0.297 e. The Morgan fingerprint density at radius 3 is 1.33 bits per heavy atom. The van der Waals surface area contributed by atoms with Crippen LogP contribution in [0.25, 0.3) is 0 Å². The maximum Gasteiger partial charge on any atom is 0.159 e. The molecule has 1 fully saturated rings. The van der Waals surface area contributed by atoms with Crippen molar-refractivity contribution in [2.24, 2.45) is 10.8 Å². The summed E-state index contributed by atoms with van der Waals surface area (Å²) in [4.78, 5) is 23.3. The van der Waals surface area contributed by atoms with Gasteiger partial charge in [-0.15, -0.1) is 0 Å². The van der Waals surface area contributed by atoms with Crippen LogP contribution in [0.5, 0.6) is 0 Å². The van der Waals surface area contributed by atoms with Crippen LogP contribution in [0.1, 0.15) is 40.5 Å². The Morgan fingerprint density at radius 1 is 0.917 bits per heavy atom. The van der Waals surface area contributed by atoms with Gasteiger partial charge in [-0.3, -0.25) is 9.59 Å². The lowest BCUT2D eigenvalue weighted by molar-refractivity contribution is -0.169. The fraction of sp³-hybridized carbons (Fsp3) is 0.800. The zero-order valence-corrected chi connectivity index (χ0v) is 8.23. The van der Waals surface area contributed by atoms with Gasteiger partial charge >= 0.3 is 0 Å². The van der Waals surface area contributed by atoms with Gasteiger partial charge in [-0.1, -0.05) is 13.8 Å². The van der Waals surface area contributed by atoms with Crippen molar-refractivity contribution in [2.45, 2.75) is 40.5 Å². The third-order valence-corrected chi connectivity index (χ3v) is 3.42. The molecule has 0 atom stereocenters. The van der Waals surface area contributed by atoms with Crippen molar-refractivity contribution in [3.63, 3.8) is 0 Å². The smallest absolute Gasteiger partial charge is 0.159 e. The first kappa shape index (κ1) is 9.43. The molecule has 2 heteroatoms. The zero-order chi connectivity index (χ0) is 9.57. The minimum atomic E-state index is -0.662. The van der Waals surface area contributed by atoms with Gasteiger partial charge in [-0.05, 0) is 26.7 Å². The molecule has 0 saturated heterocycles. The summed E-state index contributed by atoms with van der Waals surface area (Å²) in [5.74, 6) is 0.259. The molecule has 1 rings (SSSR count). The highest BCUT2D eigenvalue weighted by atomic mass is 16.2. The Balaban J connectivity index is 2.97. The number of Topliss-reactive ketones (excluding diaryl/α,β-unsaturated/α-hetero) is 2. The van der Waals surface area contributed by atoms with Crippen molar-refractivity contribution in [3.05, 3.63) is 0 Å². The summed E-state index contributed by atoms with van der Waals surface area (Å²) in [6, 6.07) is 0. The first-order valence-corrected chi connectivity index (χ1v) is 4.53. The SMILES string of the molecule is CCC1(C)C(=O)C(C)(CC)C1=O. The van der Waals surface area contributed by atoms with Crippen LogP contribution in [0.15, 0.2) is 0 Å². The van der Waals surface area contributed by atoms with Gasteiger partial charge in [0.15, 0.2) is 11.6 Å². The van der Waals surface area contributed by atoms with Crippen LogP contribution in [0.3, 0.4) is 0 Å². The van der Waals surface area contributed by atoms with Gasteiger partial charge in [-0.2, -0.15) is 0 Å². The highest BCUT2D eigenvalue weighted by Gasteiger charge is 2.64. The number of carbonyl (C=O) groups is 2. The Hall–Kier alpha value is -0.660. The van der Waals surface area contributed by atoms with Crippen LogP contribution < -0.4 is 0 Å². The highest BCUT2D eigenvalue weighted by molar-refractivity contribution is 6.30. The van der Waals surface area contributed by atoms with Crippen molar-refractivity contribution in [1.29, 1.82) is 0 Å². The van der Waals surface area contributed by atoms with E-state index in [0.29, 0.717) is 12.8 Å². The van der Waals surface area contributed by atoms with Crippen LogP contribution in [0.4, 0.5) is 0 Å². The van der Waals surface area contributed by atoms with E-state index in [2.05, 4.69) is 0 Å². The van der Waals surface area contributed by atoms with Crippen LogP contribution in [-0.2, 0) is 9.59 Å². The molecule has 1 saturated carbocycles. The summed E-state index contributed by atoms with van der Waals surface area (Å²) in [6.45, 7) is 7.31. The van der Waals surface area contributed by atoms with Crippen LogP contribution in [0, 0.1) is 10.8 Å². The molecule has 0 N–H and O–H groups in total. The lowest BCUT2D eigenvalue weighted by Gasteiger charge is -2.48. The third kappa shape index (κ3) is 0.755. The minimum Gasteiger partial charge on any atom is -0.297 e. The maximum absolute atomic E-state index is 11.7. The molecular weight excluding hydrogens is 152 g/mol. The van der Waals surface area contributed by atoms with Gasteiger partial charge in [0.2, 0.25) is 0 Å². The Bertz CT molecular complexity index is 202. The Morgan fingerprint density at radius 2 is 1.17 bits per heavy atom. The van der Waals surface area contributed by atoms with Crippen LogP contribution >= 0.6 is 0 Å². The van der Waals surface area contributed by atoms with Crippen molar-refractivity contribution < 1.29 is 9.59 Å². The van der Waals surface area contributed by atoms with E-state index in [-0.39, 0.29) is 11.6 Å². The molecule has 0 bridgehead atoms. The van der Waals surface area contributed by atoms with E-state index in [4.69, 9.17) is 0 Å². The van der Waals surface area contributed by atoms with E-state index in [9.17, 15) is 9.59 Å². The standard InChI is InChI=1S/C10H16O2/c1-5-9(3)7(11)10(4,6-2)8(9)12/h5-6H2,1-4H3. The van der Waals surface area contributed by atoms with E-state index in [0.717, 1.165) is 0 Å². The number of ketones is 2. The van der Waals surface area contributed by atoms with E-state index >= 15 is 0 Å². The molecule has 0 amide bonds. The summed E-state index contributed by atoms with van der Waals surface area (Å²) < 4.78 is 0. The molecule has 12 heavy (non-hydrogen) atoms. The second kappa shape index (κ2) is 2.41. The average Bonchev–Trinajstić information content (AvgIpc) is 2.13. The summed E-state index contributed by atoms with van der Waals surface area (Å²) in [7, 11) is 0. The quantitative estimate of drug-likeness (QED) is 0.591. The monoisotopic (exact) mass is 168 g/mol. The molecule has 0 aliphatic heterocycles. The molecule has 0 aromatic carbocycles. The second-order valence-electron chi connectivity index (χ2n) is 4.03. The first-order valence-electron chi connectivity index (χ1n) is 4.53. The topological polar surface area (TPSA) is 34.1 Å². The van der Waals surface area contributed by atoms with E-state index < -0.39 is 10.8 Å². The normalized spacial score (nSPS) is 41.3. The predicted octanol–water partition coefficient (Wildman–Crippen LogP) is 1.97. The molecule has 0 spiro atoms. The summed E-state index contributed by atoms with van der Waals surface area (Å²) in [5.41, 5.74) is -1.32. The number of hydrogen-bond acceptors (Lipinski definition) is 2. The molecule has 0 aromatic rings. The minimum absolute atomic E-state index is 0.130. The Labute approximate surface area is 73.3 Å². The second-order valence-corrected chi connectivity index (χ2v) is 4.03. The third-order valence-electron chi connectivity index (χ3n) is 3.42. The van der Waals surface area contributed by atoms with Crippen molar-refractivity contribution >= 4 is 11.6 Å². The fourth-order valence-electron chi connectivity index (χ4n) is 2.00. The molecule has 68 valence electrons. The Kier molecular flexibility index (Phi) is 1.89. The summed E-state index contributed by atoms with van der Waals surface area (Å²) in [6.07, 6.45) is 1.28. The number of hydrogen-bond donors (Lipinski definition) is 0. The van der Waals surface area contributed by atoms with Crippen molar-refractivity contribution in [1.82, 2.24) is 0 Å². The lowest BCUT2D eigenvalue weighted by Crippen LogP contribution is -2.63. The van der Waals surface area contributed by atoms with Crippen LogP contribution in [-0.4, -0.2) is 11.6 Å². The first-order chi connectivity index (χ1) is 5.43. The number of rotatable bonds is 2. The summed E-state index contributed by atoms with van der Waals surface area (Å²) >= 11 is 0. The maximum atomic E-state index is 11.7. The fourth-order valence-corrected chi connectivity index (χ4v) is 2.00. The van der Waals surface area contributed by atoms with E-state index in [1.165, 1.54) is 0 Å². The molecule has 0 radical (unpaired) electrons. The zero-order valence-electron chi connectivity index (χ0n) is 8.23. The van der Waals surface area contributed by atoms with Crippen molar-refractivity contribution in [2.75, 3.05) is 0 Å². The van der Waals surface area contributed by atoms with Gasteiger partial charge in [0, 0.05) is 0 Å². The average molecular weight is 168 g/mol. The molecule has 2 nitrogen and oxygen atoms in total. The molecule has 0 heterocycles. The van der Waals surface area contributed by atoms with Gasteiger partial charge in [0.1, 0.15) is 0 Å². The molecule has 0 unspecified atom stereocenters. The van der Waals surface area contributed by atoms with E-state index in [1.54, 1.807) is 13.8 Å². The molecular formula is C10H16O2. The molecule has 0 aromatic heterocycles. The molecule has 1 aliphatic rings. The van der Waals surface area contributed by atoms with Gasteiger partial charge in [0.25, 0.3) is 0 Å². The van der Waals surface area contributed by atoms with E-state index in [1.807, 2.05) is 13.8 Å². The number of carbonyl (C=O) groups excluding carboxylic acids is 2. The molecule has 1 aliphatic carbocycles. The van der Waals surface area contributed by atoms with Crippen LogP contribution in [0.2, 0.25) is 0 Å². The summed E-state index contributed by atoms with van der Waals surface area (Å²) in [5, 5.41) is 0. The van der Waals surface area contributed by atoms with Gasteiger partial charge in [-0.25, -0.2) is 0 Å². The lowest BCUT2D eigenvalue weighted by atomic mass is 9.50. The van der Waals surface area contributed by atoms with Gasteiger partial charge < -0.3 is 0 Å². The highest BCUT2D eigenvalue weighted by Crippen LogP contribution is 2.50. The van der Waals surface area contributed by atoms with Gasteiger partial charge in [0.05, 0.1) is 10.8 Å².